The summed E-state index contributed by atoms with van der Waals surface area (Å²) >= 11 is 3.46. The van der Waals surface area contributed by atoms with Gasteiger partial charge in [0.2, 0.25) is 0 Å². The Labute approximate surface area is 221 Å². The third kappa shape index (κ3) is 5.48. The Bertz CT molecular complexity index is 1450. The van der Waals surface area contributed by atoms with Crippen molar-refractivity contribution in [2.45, 2.75) is 13.5 Å². The third-order valence-corrected chi connectivity index (χ3v) is 6.77. The maximum atomic E-state index is 13.4. The molecular weight excluding hydrogens is 506 g/mol. The van der Waals surface area contributed by atoms with Crippen LogP contribution >= 0.6 is 15.9 Å². The van der Waals surface area contributed by atoms with Crippen LogP contribution in [0.15, 0.2) is 138 Å². The molecule has 0 fully saturated rings. The molecule has 0 bridgehead atoms. The fourth-order valence-corrected chi connectivity index (χ4v) is 4.56. The number of hydrogen-bond donors (Lipinski definition) is 0. The summed E-state index contributed by atoms with van der Waals surface area (Å²) in [6.07, 6.45) is 6.10. The van der Waals surface area contributed by atoms with E-state index >= 15 is 0 Å². The molecule has 1 heterocycles. The summed E-state index contributed by atoms with van der Waals surface area (Å²) in [5.74, 6) is -0.0237. The van der Waals surface area contributed by atoms with Gasteiger partial charge in [0.15, 0.2) is 5.78 Å². The zero-order valence-electron chi connectivity index (χ0n) is 20.1. The first kappa shape index (κ1) is 23.8. The number of carbonyl (C=O) groups excluding carboxylic acids is 1. The highest BCUT2D eigenvalue weighted by molar-refractivity contribution is 9.10. The van der Waals surface area contributed by atoms with Crippen LogP contribution in [0.4, 0.5) is 0 Å². The number of rotatable bonds is 6. The van der Waals surface area contributed by atoms with E-state index in [2.05, 4.69) is 101 Å². The first-order valence-corrected chi connectivity index (χ1v) is 12.7. The number of benzene rings is 4. The average Bonchev–Trinajstić information content (AvgIpc) is 2.92. The molecule has 0 unspecified atom stereocenters. The molecule has 1 aliphatic rings. The van der Waals surface area contributed by atoms with Crippen LogP contribution in [0.25, 0.3) is 11.3 Å². The summed E-state index contributed by atoms with van der Waals surface area (Å²) in [6.45, 7) is 2.75. The van der Waals surface area contributed by atoms with E-state index in [1.54, 1.807) is 6.08 Å². The number of aryl methyl sites for hydroxylation is 1. The van der Waals surface area contributed by atoms with Gasteiger partial charge in [0.05, 0.1) is 0 Å². The summed E-state index contributed by atoms with van der Waals surface area (Å²) in [4.78, 5) is 15.6. The van der Waals surface area contributed by atoms with Crippen molar-refractivity contribution in [1.82, 2.24) is 4.90 Å². The van der Waals surface area contributed by atoms with Gasteiger partial charge in [-0.1, -0.05) is 106 Å². The van der Waals surface area contributed by atoms with Crippen molar-refractivity contribution in [2.24, 2.45) is 0 Å². The second-order valence-corrected chi connectivity index (χ2v) is 9.79. The van der Waals surface area contributed by atoms with E-state index in [0.29, 0.717) is 12.1 Å². The summed E-state index contributed by atoms with van der Waals surface area (Å²) in [7, 11) is 0. The van der Waals surface area contributed by atoms with E-state index in [-0.39, 0.29) is 5.78 Å². The second-order valence-electron chi connectivity index (χ2n) is 8.87. The van der Waals surface area contributed by atoms with E-state index in [1.165, 1.54) is 11.1 Å². The Kier molecular flexibility index (Phi) is 7.11. The number of carbonyl (C=O) groups is 1. The molecule has 0 aliphatic carbocycles. The van der Waals surface area contributed by atoms with Crippen LogP contribution in [0.1, 0.15) is 32.6 Å². The van der Waals surface area contributed by atoms with Crippen molar-refractivity contribution in [3.63, 3.8) is 0 Å². The minimum absolute atomic E-state index is 0.0237. The molecule has 0 N–H and O–H groups in total. The summed E-state index contributed by atoms with van der Waals surface area (Å²) < 4.78 is 0.950. The summed E-state index contributed by atoms with van der Waals surface area (Å²) in [6, 6.07) is 36.8. The number of allylic oxidation sites excluding steroid dienone is 4. The molecule has 0 atom stereocenters. The molecule has 0 amide bonds. The number of ketones is 1. The Morgan fingerprint density at radius 3 is 2.00 bits per heavy atom. The van der Waals surface area contributed by atoms with Crippen LogP contribution in [0.3, 0.4) is 0 Å². The van der Waals surface area contributed by atoms with Crippen molar-refractivity contribution in [1.29, 1.82) is 0 Å². The Morgan fingerprint density at radius 1 is 0.750 bits per heavy atom. The number of halogens is 1. The van der Waals surface area contributed by atoms with E-state index in [1.807, 2.05) is 48.5 Å². The molecule has 5 rings (SSSR count). The fraction of sp³-hybridized carbons (Fsp3) is 0.0606. The highest BCUT2D eigenvalue weighted by Crippen LogP contribution is 2.36. The predicted molar refractivity (Wildman–Crippen MR) is 152 cm³/mol. The van der Waals surface area contributed by atoms with Crippen LogP contribution < -0.4 is 0 Å². The van der Waals surface area contributed by atoms with E-state index in [4.69, 9.17) is 0 Å². The van der Waals surface area contributed by atoms with Gasteiger partial charge in [0.1, 0.15) is 0 Å². The van der Waals surface area contributed by atoms with Crippen LogP contribution in [-0.2, 0) is 6.54 Å². The molecule has 0 saturated heterocycles. The van der Waals surface area contributed by atoms with E-state index in [9.17, 15) is 4.79 Å². The monoisotopic (exact) mass is 531 g/mol. The first-order valence-electron chi connectivity index (χ1n) is 12.0. The fourth-order valence-electron chi connectivity index (χ4n) is 4.29. The molecule has 1 aliphatic heterocycles. The Morgan fingerprint density at radius 2 is 1.36 bits per heavy atom. The lowest BCUT2D eigenvalue weighted by atomic mass is 9.95. The van der Waals surface area contributed by atoms with Crippen LogP contribution in [0.2, 0.25) is 0 Å². The largest absolute Gasteiger partial charge is 0.336 e. The van der Waals surface area contributed by atoms with Crippen molar-refractivity contribution < 1.29 is 4.79 Å². The summed E-state index contributed by atoms with van der Waals surface area (Å²) in [5.41, 5.74) is 8.28. The Hall–Kier alpha value is -3.95. The normalized spacial score (nSPS) is 14.4. The minimum atomic E-state index is -0.0237. The van der Waals surface area contributed by atoms with Gasteiger partial charge in [-0.3, -0.25) is 4.79 Å². The lowest BCUT2D eigenvalue weighted by Crippen LogP contribution is -2.24. The van der Waals surface area contributed by atoms with Crippen molar-refractivity contribution in [3.05, 3.63) is 165 Å². The quantitative estimate of drug-likeness (QED) is 0.183. The highest BCUT2D eigenvalue weighted by Gasteiger charge is 2.22. The Balaban J connectivity index is 1.64. The zero-order valence-corrected chi connectivity index (χ0v) is 21.7. The number of hydrogen-bond acceptors (Lipinski definition) is 2. The zero-order chi connectivity index (χ0) is 24.9. The van der Waals surface area contributed by atoms with Crippen molar-refractivity contribution in [3.8, 4) is 0 Å². The molecule has 0 saturated carbocycles. The molecule has 0 spiro atoms. The molecule has 0 radical (unpaired) electrons. The molecule has 4 aromatic carbocycles. The van der Waals surface area contributed by atoms with E-state index < -0.39 is 0 Å². The first-order chi connectivity index (χ1) is 17.6. The van der Waals surface area contributed by atoms with Crippen LogP contribution in [0.5, 0.6) is 0 Å². The SMILES string of the molecule is Cc1ccc(CN2C(c3ccccc3)=CC(c3ccccc3)=C/C2=C\C(=O)c2ccc(Br)cc2)cc1. The lowest BCUT2D eigenvalue weighted by molar-refractivity contribution is 0.104. The van der Waals surface area contributed by atoms with E-state index in [0.717, 1.165) is 32.6 Å². The van der Waals surface area contributed by atoms with Crippen molar-refractivity contribution in [2.75, 3.05) is 0 Å². The molecule has 0 aromatic heterocycles. The number of nitrogens with zero attached hydrogens (tertiary/aromatic N) is 1. The average molecular weight is 532 g/mol. The van der Waals surface area contributed by atoms with Gasteiger partial charge >= 0.3 is 0 Å². The van der Waals surface area contributed by atoms with Crippen LogP contribution in [0, 0.1) is 6.92 Å². The van der Waals surface area contributed by atoms with Gasteiger partial charge in [-0.2, -0.15) is 0 Å². The van der Waals surface area contributed by atoms with Gasteiger partial charge in [-0.05, 0) is 65.6 Å². The molecule has 4 aromatic rings. The topological polar surface area (TPSA) is 20.3 Å². The highest BCUT2D eigenvalue weighted by atomic mass is 79.9. The maximum absolute atomic E-state index is 13.4. The minimum Gasteiger partial charge on any atom is -0.336 e. The summed E-state index contributed by atoms with van der Waals surface area (Å²) in [5, 5.41) is 0. The van der Waals surface area contributed by atoms with Gasteiger partial charge in [-0.15, -0.1) is 0 Å². The molecule has 36 heavy (non-hydrogen) atoms. The van der Waals surface area contributed by atoms with Gasteiger partial charge in [0, 0.05) is 34.1 Å². The maximum Gasteiger partial charge on any atom is 0.187 e. The van der Waals surface area contributed by atoms with Gasteiger partial charge in [0.25, 0.3) is 0 Å². The third-order valence-electron chi connectivity index (χ3n) is 6.24. The lowest BCUT2D eigenvalue weighted by Gasteiger charge is -2.33. The smallest absolute Gasteiger partial charge is 0.187 e. The molecular formula is C33H26BrNO. The molecule has 176 valence electrons. The molecule has 2 nitrogen and oxygen atoms in total. The van der Waals surface area contributed by atoms with Crippen LogP contribution in [-0.4, -0.2) is 10.7 Å². The van der Waals surface area contributed by atoms with Gasteiger partial charge < -0.3 is 4.90 Å². The molecule has 3 heteroatoms. The predicted octanol–water partition coefficient (Wildman–Crippen LogP) is 8.46. The van der Waals surface area contributed by atoms with Crippen molar-refractivity contribution >= 4 is 33.0 Å². The van der Waals surface area contributed by atoms with Gasteiger partial charge in [-0.25, -0.2) is 0 Å². The second kappa shape index (κ2) is 10.8. The standard InChI is InChI=1S/C33H26BrNO/c1-24-12-14-25(15-13-24)23-35-31(22-33(36)28-16-18-30(34)19-17-28)20-29(26-8-4-2-5-9-26)21-32(35)27-10-6-3-7-11-27/h2-22H,23H2,1H3/b31-22+.